The van der Waals surface area contributed by atoms with Crippen LogP contribution in [0.5, 0.6) is 0 Å². The number of carbonyl (C=O) groups excluding carboxylic acids is 1. The van der Waals surface area contributed by atoms with Gasteiger partial charge < -0.3 is 14.2 Å². The van der Waals surface area contributed by atoms with Gasteiger partial charge in [0.25, 0.3) is 0 Å². The summed E-state index contributed by atoms with van der Waals surface area (Å²) in [4.78, 5) is 11.5. The maximum absolute atomic E-state index is 11.5. The standard InChI is InChI=1S/C11H16O4/c1-4-6-14-11(12)9-7-10(13-5-2)15-8(9)3/h4,10H,1,5-7H2,2-3H3. The Kier molecular flexibility index (Phi) is 4.37. The number of ether oxygens (including phenoxy) is 3. The number of allylic oxidation sites excluding steroid dienone is 1. The summed E-state index contributed by atoms with van der Waals surface area (Å²) >= 11 is 0. The second-order valence-electron chi connectivity index (χ2n) is 3.13. The summed E-state index contributed by atoms with van der Waals surface area (Å²) in [5, 5.41) is 0. The molecule has 0 aliphatic carbocycles. The lowest BCUT2D eigenvalue weighted by Crippen LogP contribution is -2.13. The molecule has 0 aromatic heterocycles. The van der Waals surface area contributed by atoms with Crippen molar-refractivity contribution in [2.45, 2.75) is 26.6 Å². The van der Waals surface area contributed by atoms with Crippen molar-refractivity contribution >= 4 is 5.97 Å². The van der Waals surface area contributed by atoms with E-state index in [1.165, 1.54) is 6.08 Å². The Hall–Kier alpha value is -1.29. The minimum atomic E-state index is -0.352. The highest BCUT2D eigenvalue weighted by Crippen LogP contribution is 2.26. The monoisotopic (exact) mass is 212 g/mol. The highest BCUT2D eigenvalue weighted by atomic mass is 16.7. The first-order valence-electron chi connectivity index (χ1n) is 4.95. The maximum atomic E-state index is 11.5. The molecule has 4 heteroatoms. The number of carbonyl (C=O) groups is 1. The summed E-state index contributed by atoms with van der Waals surface area (Å²) in [6, 6.07) is 0. The molecule has 0 radical (unpaired) electrons. The van der Waals surface area contributed by atoms with E-state index in [-0.39, 0.29) is 18.9 Å². The Bertz CT molecular complexity index is 280. The zero-order valence-corrected chi connectivity index (χ0v) is 9.12. The average Bonchev–Trinajstić information content (AvgIpc) is 2.57. The normalized spacial score (nSPS) is 20.0. The van der Waals surface area contributed by atoms with E-state index in [9.17, 15) is 4.79 Å². The molecule has 0 amide bonds. The quantitative estimate of drug-likeness (QED) is 0.514. The van der Waals surface area contributed by atoms with Crippen LogP contribution < -0.4 is 0 Å². The zero-order valence-electron chi connectivity index (χ0n) is 9.12. The van der Waals surface area contributed by atoms with Gasteiger partial charge in [-0.1, -0.05) is 12.7 Å². The SMILES string of the molecule is C=CCOC(=O)C1=C(C)OC(OCC)C1. The fourth-order valence-electron chi connectivity index (χ4n) is 1.35. The van der Waals surface area contributed by atoms with Crippen LogP contribution in [0, 0.1) is 0 Å². The van der Waals surface area contributed by atoms with Gasteiger partial charge >= 0.3 is 5.97 Å². The van der Waals surface area contributed by atoms with Gasteiger partial charge in [-0.3, -0.25) is 0 Å². The molecule has 1 unspecified atom stereocenters. The molecule has 0 saturated carbocycles. The number of esters is 1. The van der Waals surface area contributed by atoms with Gasteiger partial charge in [0.15, 0.2) is 0 Å². The predicted octanol–water partition coefficient (Wildman–Crippen LogP) is 1.77. The van der Waals surface area contributed by atoms with Crippen molar-refractivity contribution in [3.05, 3.63) is 24.0 Å². The van der Waals surface area contributed by atoms with Crippen molar-refractivity contribution < 1.29 is 19.0 Å². The first-order valence-corrected chi connectivity index (χ1v) is 4.95. The van der Waals surface area contributed by atoms with Gasteiger partial charge in [-0.15, -0.1) is 0 Å². The van der Waals surface area contributed by atoms with Crippen molar-refractivity contribution in [3.63, 3.8) is 0 Å². The molecule has 0 N–H and O–H groups in total. The van der Waals surface area contributed by atoms with E-state index < -0.39 is 0 Å². The lowest BCUT2D eigenvalue weighted by atomic mass is 10.2. The van der Waals surface area contributed by atoms with Crippen molar-refractivity contribution in [1.29, 1.82) is 0 Å². The fourth-order valence-corrected chi connectivity index (χ4v) is 1.35. The third kappa shape index (κ3) is 3.09. The summed E-state index contributed by atoms with van der Waals surface area (Å²) in [6.45, 7) is 7.87. The Morgan fingerprint density at radius 2 is 2.47 bits per heavy atom. The molecular weight excluding hydrogens is 196 g/mol. The van der Waals surface area contributed by atoms with Crippen LogP contribution >= 0.6 is 0 Å². The van der Waals surface area contributed by atoms with E-state index in [4.69, 9.17) is 14.2 Å². The van der Waals surface area contributed by atoms with Crippen LogP contribution in [0.2, 0.25) is 0 Å². The molecule has 0 saturated heterocycles. The topological polar surface area (TPSA) is 44.8 Å². The Balaban J connectivity index is 2.51. The van der Waals surface area contributed by atoms with Crippen LogP contribution in [0.15, 0.2) is 24.0 Å². The van der Waals surface area contributed by atoms with Crippen LogP contribution in [-0.2, 0) is 19.0 Å². The van der Waals surface area contributed by atoms with Crippen molar-refractivity contribution in [3.8, 4) is 0 Å². The van der Waals surface area contributed by atoms with Crippen molar-refractivity contribution in [2.75, 3.05) is 13.2 Å². The van der Waals surface area contributed by atoms with Crippen LogP contribution in [0.4, 0.5) is 0 Å². The smallest absolute Gasteiger partial charge is 0.337 e. The van der Waals surface area contributed by atoms with Gasteiger partial charge in [-0.05, 0) is 13.8 Å². The fraction of sp³-hybridized carbons (Fsp3) is 0.545. The molecule has 1 aliphatic heterocycles. The summed E-state index contributed by atoms with van der Waals surface area (Å²) in [5.74, 6) is 0.233. The van der Waals surface area contributed by atoms with Gasteiger partial charge in [0.2, 0.25) is 6.29 Å². The Morgan fingerprint density at radius 1 is 1.73 bits per heavy atom. The molecule has 4 nitrogen and oxygen atoms in total. The Morgan fingerprint density at radius 3 is 3.07 bits per heavy atom. The third-order valence-electron chi connectivity index (χ3n) is 2.04. The van der Waals surface area contributed by atoms with Gasteiger partial charge in [-0.2, -0.15) is 0 Å². The van der Waals surface area contributed by atoms with E-state index in [0.29, 0.717) is 24.4 Å². The first kappa shape index (κ1) is 11.8. The summed E-state index contributed by atoms with van der Waals surface area (Å²) in [7, 11) is 0. The van der Waals surface area contributed by atoms with Crippen molar-refractivity contribution in [2.24, 2.45) is 0 Å². The third-order valence-corrected chi connectivity index (χ3v) is 2.04. The molecule has 0 fully saturated rings. The van der Waals surface area contributed by atoms with Crippen LogP contribution in [0.25, 0.3) is 0 Å². The first-order chi connectivity index (χ1) is 7.19. The zero-order chi connectivity index (χ0) is 11.3. The maximum Gasteiger partial charge on any atom is 0.337 e. The predicted molar refractivity (Wildman–Crippen MR) is 55.0 cm³/mol. The molecule has 0 aromatic rings. The van der Waals surface area contributed by atoms with Gasteiger partial charge in [0.05, 0.1) is 5.57 Å². The molecule has 1 aliphatic rings. The van der Waals surface area contributed by atoms with E-state index in [1.54, 1.807) is 6.92 Å². The highest BCUT2D eigenvalue weighted by molar-refractivity contribution is 5.89. The molecule has 0 bridgehead atoms. The second-order valence-corrected chi connectivity index (χ2v) is 3.13. The lowest BCUT2D eigenvalue weighted by Gasteiger charge is -2.10. The van der Waals surface area contributed by atoms with Gasteiger partial charge in [0, 0.05) is 13.0 Å². The minimum absolute atomic E-state index is 0.217. The largest absolute Gasteiger partial charge is 0.469 e. The van der Waals surface area contributed by atoms with E-state index in [2.05, 4.69) is 6.58 Å². The van der Waals surface area contributed by atoms with E-state index in [0.717, 1.165) is 0 Å². The summed E-state index contributed by atoms with van der Waals surface area (Å²) in [5.41, 5.74) is 0.551. The van der Waals surface area contributed by atoms with Gasteiger partial charge in [0.1, 0.15) is 12.4 Å². The molecule has 84 valence electrons. The second kappa shape index (κ2) is 5.56. The molecular formula is C11H16O4. The highest BCUT2D eigenvalue weighted by Gasteiger charge is 2.28. The molecule has 0 spiro atoms. The van der Waals surface area contributed by atoms with E-state index in [1.807, 2.05) is 6.92 Å². The number of rotatable bonds is 5. The van der Waals surface area contributed by atoms with Crippen LogP contribution in [-0.4, -0.2) is 25.5 Å². The molecule has 15 heavy (non-hydrogen) atoms. The minimum Gasteiger partial charge on any atom is -0.469 e. The summed E-state index contributed by atoms with van der Waals surface area (Å²) in [6.07, 6.45) is 1.64. The lowest BCUT2D eigenvalue weighted by molar-refractivity contribution is -0.138. The summed E-state index contributed by atoms with van der Waals surface area (Å²) < 4.78 is 15.5. The van der Waals surface area contributed by atoms with Crippen LogP contribution in [0.3, 0.4) is 0 Å². The van der Waals surface area contributed by atoms with Gasteiger partial charge in [-0.25, -0.2) is 4.79 Å². The number of hydrogen-bond acceptors (Lipinski definition) is 4. The van der Waals surface area contributed by atoms with Crippen molar-refractivity contribution in [1.82, 2.24) is 0 Å². The molecule has 1 heterocycles. The van der Waals surface area contributed by atoms with E-state index >= 15 is 0 Å². The number of hydrogen-bond donors (Lipinski definition) is 0. The van der Waals surface area contributed by atoms with Crippen LogP contribution in [0.1, 0.15) is 20.3 Å². The molecule has 1 atom stereocenters. The molecule has 0 aromatic carbocycles. The Labute approximate surface area is 89.5 Å². The average molecular weight is 212 g/mol. The molecule has 1 rings (SSSR count).